The quantitative estimate of drug-likeness (QED) is 0.630. The molecular weight excluding hydrogens is 248 g/mol. The van der Waals surface area contributed by atoms with E-state index in [1.807, 2.05) is 0 Å². The van der Waals surface area contributed by atoms with Crippen LogP contribution in [0, 0.1) is 0 Å². The van der Waals surface area contributed by atoms with Crippen molar-refractivity contribution >= 4 is 0 Å². The fourth-order valence-electron chi connectivity index (χ4n) is 3.00. The van der Waals surface area contributed by atoms with Gasteiger partial charge >= 0.3 is 0 Å². The Labute approximate surface area is 125 Å². The number of nitrogens with one attached hydrogen (secondary N) is 1. The monoisotopic (exact) mass is 282 g/mol. The van der Waals surface area contributed by atoms with Crippen molar-refractivity contribution < 1.29 is 4.74 Å². The topological polar surface area (TPSA) is 24.5 Å². The molecular formula is C17H34N2O. The van der Waals surface area contributed by atoms with Crippen molar-refractivity contribution in [2.75, 3.05) is 26.2 Å². The Morgan fingerprint density at radius 2 is 1.60 bits per heavy atom. The molecule has 1 saturated heterocycles. The third kappa shape index (κ3) is 6.11. The Morgan fingerprint density at radius 1 is 0.950 bits per heavy atom. The minimum atomic E-state index is 0.472. The minimum absolute atomic E-state index is 0.472. The van der Waals surface area contributed by atoms with Gasteiger partial charge in [0.05, 0.1) is 12.2 Å². The maximum absolute atomic E-state index is 6.23. The van der Waals surface area contributed by atoms with E-state index in [0.29, 0.717) is 12.2 Å². The van der Waals surface area contributed by atoms with Crippen molar-refractivity contribution in [2.24, 2.45) is 0 Å². The highest BCUT2D eigenvalue weighted by molar-refractivity contribution is 4.84. The first-order valence-corrected chi connectivity index (χ1v) is 8.93. The first kappa shape index (κ1) is 16.3. The van der Waals surface area contributed by atoms with E-state index in [9.17, 15) is 0 Å². The second kappa shape index (κ2) is 9.01. The Balaban J connectivity index is 1.63. The van der Waals surface area contributed by atoms with Gasteiger partial charge in [0.15, 0.2) is 0 Å². The summed E-state index contributed by atoms with van der Waals surface area (Å²) in [4.78, 5) is 2.63. The molecule has 2 aliphatic rings. The van der Waals surface area contributed by atoms with Crippen LogP contribution in [-0.2, 0) is 4.74 Å². The second-order valence-electron chi connectivity index (χ2n) is 6.65. The predicted octanol–water partition coefficient (Wildman–Crippen LogP) is 3.19. The van der Waals surface area contributed by atoms with Gasteiger partial charge in [-0.3, -0.25) is 0 Å². The standard InChI is InChI=1S/C17H34N2O/c1-3-5-11-19(12-6-4-2)14-17-10-9-16(20-17)13-18-15-7-8-15/h15-18H,3-14H2,1-2H3. The van der Waals surface area contributed by atoms with Crippen molar-refractivity contribution in [3.05, 3.63) is 0 Å². The number of unbranched alkanes of at least 4 members (excludes halogenated alkanes) is 2. The van der Waals surface area contributed by atoms with E-state index in [1.165, 1.54) is 64.5 Å². The first-order valence-electron chi connectivity index (χ1n) is 8.93. The van der Waals surface area contributed by atoms with Gasteiger partial charge in [-0.2, -0.15) is 0 Å². The van der Waals surface area contributed by atoms with Crippen LogP contribution in [-0.4, -0.2) is 49.3 Å². The number of hydrogen-bond donors (Lipinski definition) is 1. The lowest BCUT2D eigenvalue weighted by Crippen LogP contribution is -2.35. The van der Waals surface area contributed by atoms with Crippen LogP contribution in [0.4, 0.5) is 0 Å². The molecule has 0 aromatic rings. The Kier molecular flexibility index (Phi) is 7.32. The van der Waals surface area contributed by atoms with Crippen molar-refractivity contribution in [2.45, 2.75) is 83.5 Å². The molecule has 1 N–H and O–H groups in total. The molecule has 2 fully saturated rings. The average Bonchev–Trinajstić information content (AvgIpc) is 3.19. The zero-order chi connectivity index (χ0) is 14.2. The smallest absolute Gasteiger partial charge is 0.0707 e. The Bertz CT molecular complexity index is 247. The van der Waals surface area contributed by atoms with E-state index in [-0.39, 0.29) is 0 Å². The molecule has 0 bridgehead atoms. The van der Waals surface area contributed by atoms with E-state index in [4.69, 9.17) is 4.74 Å². The molecule has 0 radical (unpaired) electrons. The van der Waals surface area contributed by atoms with Crippen molar-refractivity contribution in [3.63, 3.8) is 0 Å². The molecule has 2 rings (SSSR count). The predicted molar refractivity (Wildman–Crippen MR) is 85.2 cm³/mol. The number of hydrogen-bond acceptors (Lipinski definition) is 3. The highest BCUT2D eigenvalue weighted by Crippen LogP contribution is 2.23. The summed E-state index contributed by atoms with van der Waals surface area (Å²) < 4.78 is 6.23. The SMILES string of the molecule is CCCCN(CCCC)CC1CCC(CNC2CC2)O1. The van der Waals surface area contributed by atoms with Crippen molar-refractivity contribution in [3.8, 4) is 0 Å². The molecule has 20 heavy (non-hydrogen) atoms. The fraction of sp³-hybridized carbons (Fsp3) is 1.00. The summed E-state index contributed by atoms with van der Waals surface area (Å²) in [5.74, 6) is 0. The average molecular weight is 282 g/mol. The van der Waals surface area contributed by atoms with E-state index < -0.39 is 0 Å². The summed E-state index contributed by atoms with van der Waals surface area (Å²) >= 11 is 0. The molecule has 2 unspecified atom stereocenters. The van der Waals surface area contributed by atoms with Gasteiger partial charge in [-0.1, -0.05) is 26.7 Å². The minimum Gasteiger partial charge on any atom is -0.372 e. The normalized spacial score (nSPS) is 26.6. The van der Waals surface area contributed by atoms with Crippen molar-refractivity contribution in [1.82, 2.24) is 10.2 Å². The molecule has 3 heteroatoms. The largest absolute Gasteiger partial charge is 0.372 e. The molecule has 0 aromatic carbocycles. The van der Waals surface area contributed by atoms with Crippen LogP contribution in [0.3, 0.4) is 0 Å². The van der Waals surface area contributed by atoms with Crippen molar-refractivity contribution in [1.29, 1.82) is 0 Å². The molecule has 1 aliphatic carbocycles. The molecule has 118 valence electrons. The number of rotatable bonds is 11. The lowest BCUT2D eigenvalue weighted by Gasteiger charge is -2.25. The number of nitrogens with zero attached hydrogens (tertiary/aromatic N) is 1. The second-order valence-corrected chi connectivity index (χ2v) is 6.65. The fourth-order valence-corrected chi connectivity index (χ4v) is 3.00. The maximum Gasteiger partial charge on any atom is 0.0707 e. The molecule has 0 aromatic heterocycles. The van der Waals surface area contributed by atoms with Gasteiger partial charge in [-0.25, -0.2) is 0 Å². The van der Waals surface area contributed by atoms with E-state index >= 15 is 0 Å². The molecule has 1 aliphatic heterocycles. The summed E-state index contributed by atoms with van der Waals surface area (Å²) in [6.45, 7) is 9.29. The van der Waals surface area contributed by atoms with Crippen LogP contribution in [0.1, 0.15) is 65.2 Å². The third-order valence-electron chi connectivity index (χ3n) is 4.52. The summed E-state index contributed by atoms with van der Waals surface area (Å²) in [6, 6.07) is 0.809. The molecule has 0 spiro atoms. The first-order chi connectivity index (χ1) is 9.81. The lowest BCUT2D eigenvalue weighted by atomic mass is 10.1. The van der Waals surface area contributed by atoms with E-state index in [0.717, 1.165) is 19.1 Å². The summed E-state index contributed by atoms with van der Waals surface area (Å²) in [5.41, 5.74) is 0. The van der Waals surface area contributed by atoms with Crippen LogP contribution in [0.25, 0.3) is 0 Å². The van der Waals surface area contributed by atoms with E-state index in [2.05, 4.69) is 24.1 Å². The van der Waals surface area contributed by atoms with Gasteiger partial charge < -0.3 is 15.0 Å². The van der Waals surface area contributed by atoms with E-state index in [1.54, 1.807) is 0 Å². The summed E-state index contributed by atoms with van der Waals surface area (Å²) in [6.07, 6.45) is 11.4. The van der Waals surface area contributed by atoms with Gasteiger partial charge in [0.2, 0.25) is 0 Å². The van der Waals surface area contributed by atoms with Gasteiger partial charge in [0, 0.05) is 19.1 Å². The number of ether oxygens (including phenoxy) is 1. The Hall–Kier alpha value is -0.120. The highest BCUT2D eigenvalue weighted by Gasteiger charge is 2.28. The summed E-state index contributed by atoms with van der Waals surface area (Å²) in [5, 5.41) is 3.60. The van der Waals surface area contributed by atoms with Gasteiger partial charge in [-0.05, 0) is 51.6 Å². The highest BCUT2D eigenvalue weighted by atomic mass is 16.5. The zero-order valence-electron chi connectivity index (χ0n) is 13.6. The van der Waals surface area contributed by atoms with Gasteiger partial charge in [0.25, 0.3) is 0 Å². The Morgan fingerprint density at radius 3 is 2.20 bits per heavy atom. The molecule has 3 nitrogen and oxygen atoms in total. The summed E-state index contributed by atoms with van der Waals surface area (Å²) in [7, 11) is 0. The van der Waals surface area contributed by atoms with Crippen LogP contribution < -0.4 is 5.32 Å². The van der Waals surface area contributed by atoms with Crippen LogP contribution >= 0.6 is 0 Å². The van der Waals surface area contributed by atoms with Gasteiger partial charge in [-0.15, -0.1) is 0 Å². The third-order valence-corrected chi connectivity index (χ3v) is 4.52. The maximum atomic E-state index is 6.23. The van der Waals surface area contributed by atoms with Crippen LogP contribution in [0.2, 0.25) is 0 Å². The zero-order valence-corrected chi connectivity index (χ0v) is 13.6. The van der Waals surface area contributed by atoms with Crippen LogP contribution in [0.15, 0.2) is 0 Å². The molecule has 2 atom stereocenters. The van der Waals surface area contributed by atoms with Gasteiger partial charge in [0.1, 0.15) is 0 Å². The molecule has 0 amide bonds. The molecule has 1 heterocycles. The lowest BCUT2D eigenvalue weighted by molar-refractivity contribution is 0.0227. The molecule has 1 saturated carbocycles. The van der Waals surface area contributed by atoms with Crippen LogP contribution in [0.5, 0.6) is 0 Å².